The van der Waals surface area contributed by atoms with Gasteiger partial charge < -0.3 is 15.2 Å². The molecule has 0 amide bonds. The van der Waals surface area contributed by atoms with Crippen LogP contribution in [0.25, 0.3) is 0 Å². The number of esters is 1. The summed E-state index contributed by atoms with van der Waals surface area (Å²) < 4.78 is 5.12. The number of rotatable bonds is 5. The van der Waals surface area contributed by atoms with Gasteiger partial charge in [-0.05, 0) is 30.3 Å². The second-order valence-electron chi connectivity index (χ2n) is 4.15. The van der Waals surface area contributed by atoms with E-state index in [2.05, 4.69) is 5.32 Å². The Kier molecular flexibility index (Phi) is 4.85. The first-order chi connectivity index (χ1) is 9.65. The number of aromatic hydroxyl groups is 1. The van der Waals surface area contributed by atoms with Crippen LogP contribution in [0.1, 0.15) is 5.56 Å². The molecule has 0 spiro atoms. The van der Waals surface area contributed by atoms with Crippen molar-refractivity contribution < 1.29 is 14.6 Å². The second kappa shape index (κ2) is 6.82. The predicted molar refractivity (Wildman–Crippen MR) is 77.8 cm³/mol. The summed E-state index contributed by atoms with van der Waals surface area (Å²) in [6.07, 6.45) is 0. The molecule has 4 nitrogen and oxygen atoms in total. The Morgan fingerprint density at radius 3 is 2.55 bits per heavy atom. The van der Waals surface area contributed by atoms with Crippen molar-refractivity contribution in [3.05, 3.63) is 59.1 Å². The van der Waals surface area contributed by atoms with Crippen LogP contribution in [0.5, 0.6) is 5.75 Å². The van der Waals surface area contributed by atoms with Crippen LogP contribution in [0.3, 0.4) is 0 Å². The van der Waals surface area contributed by atoms with Crippen molar-refractivity contribution in [2.75, 3.05) is 11.9 Å². The molecule has 2 aromatic carbocycles. The summed E-state index contributed by atoms with van der Waals surface area (Å²) in [6.45, 7) is 0.199. The predicted octanol–water partition coefficient (Wildman–Crippen LogP) is 3.20. The van der Waals surface area contributed by atoms with Crippen LogP contribution in [0.4, 0.5) is 5.69 Å². The molecule has 2 rings (SSSR count). The lowest BCUT2D eigenvalue weighted by Crippen LogP contribution is -2.16. The number of carbonyl (C=O) groups is 1. The lowest BCUT2D eigenvalue weighted by molar-refractivity contribution is -0.142. The molecule has 0 aliphatic rings. The van der Waals surface area contributed by atoms with Crippen molar-refractivity contribution in [2.24, 2.45) is 0 Å². The van der Waals surface area contributed by atoms with Gasteiger partial charge in [-0.3, -0.25) is 4.79 Å². The molecular weight excluding hydrogens is 278 g/mol. The number of hydrogen-bond donors (Lipinski definition) is 2. The summed E-state index contributed by atoms with van der Waals surface area (Å²) in [6, 6.07) is 13.6. The van der Waals surface area contributed by atoms with Crippen molar-refractivity contribution in [3.8, 4) is 5.75 Å². The van der Waals surface area contributed by atoms with E-state index in [1.165, 1.54) is 12.1 Å². The van der Waals surface area contributed by atoms with Gasteiger partial charge in [0.15, 0.2) is 0 Å². The molecular formula is C15H14ClNO3. The molecule has 0 heterocycles. The zero-order valence-electron chi connectivity index (χ0n) is 10.7. The van der Waals surface area contributed by atoms with Gasteiger partial charge in [0.05, 0.1) is 0 Å². The van der Waals surface area contributed by atoms with Crippen LogP contribution in [0.2, 0.25) is 5.02 Å². The third-order valence-corrected chi connectivity index (χ3v) is 3.02. The molecule has 0 aromatic heterocycles. The zero-order valence-corrected chi connectivity index (χ0v) is 11.4. The van der Waals surface area contributed by atoms with Gasteiger partial charge in [0.2, 0.25) is 0 Å². The molecule has 0 unspecified atom stereocenters. The van der Waals surface area contributed by atoms with Gasteiger partial charge in [-0.15, -0.1) is 0 Å². The van der Waals surface area contributed by atoms with Gasteiger partial charge in [-0.2, -0.15) is 0 Å². The van der Waals surface area contributed by atoms with Crippen LogP contribution in [0, 0.1) is 0 Å². The highest BCUT2D eigenvalue weighted by atomic mass is 35.5. The van der Waals surface area contributed by atoms with Crippen molar-refractivity contribution in [2.45, 2.75) is 6.61 Å². The van der Waals surface area contributed by atoms with E-state index in [1.54, 1.807) is 18.2 Å². The molecule has 0 fully saturated rings. The number of hydrogen-bond acceptors (Lipinski definition) is 4. The maximum atomic E-state index is 11.6. The molecule has 0 saturated heterocycles. The summed E-state index contributed by atoms with van der Waals surface area (Å²) in [7, 11) is 0. The molecule has 2 N–H and O–H groups in total. The van der Waals surface area contributed by atoms with Crippen molar-refractivity contribution >= 4 is 23.3 Å². The summed E-state index contributed by atoms with van der Waals surface area (Å²) >= 11 is 5.96. The van der Waals surface area contributed by atoms with Gasteiger partial charge in [0.25, 0.3) is 0 Å². The molecule has 0 aliphatic carbocycles. The molecule has 0 aliphatic heterocycles. The van der Waals surface area contributed by atoms with E-state index in [4.69, 9.17) is 21.4 Å². The number of phenols is 1. The third-order valence-electron chi connectivity index (χ3n) is 2.65. The Morgan fingerprint density at radius 2 is 1.85 bits per heavy atom. The highest BCUT2D eigenvalue weighted by molar-refractivity contribution is 6.31. The van der Waals surface area contributed by atoms with Gasteiger partial charge in [0.1, 0.15) is 18.9 Å². The molecule has 2 aromatic rings. The first-order valence-electron chi connectivity index (χ1n) is 6.07. The topological polar surface area (TPSA) is 58.6 Å². The number of halogens is 1. The zero-order chi connectivity index (χ0) is 14.4. The second-order valence-corrected chi connectivity index (χ2v) is 4.56. The molecule has 0 radical (unpaired) electrons. The van der Waals surface area contributed by atoms with Crippen molar-refractivity contribution in [1.82, 2.24) is 0 Å². The van der Waals surface area contributed by atoms with Crippen LogP contribution >= 0.6 is 11.6 Å². The Labute approximate surface area is 122 Å². The Morgan fingerprint density at radius 1 is 1.15 bits per heavy atom. The first-order valence-corrected chi connectivity index (χ1v) is 6.45. The quantitative estimate of drug-likeness (QED) is 0.656. The minimum atomic E-state index is -0.377. The average Bonchev–Trinajstić information content (AvgIpc) is 2.46. The average molecular weight is 292 g/mol. The Bertz CT molecular complexity index is 584. The normalized spacial score (nSPS) is 10.1. The fourth-order valence-corrected chi connectivity index (χ4v) is 1.77. The minimum absolute atomic E-state index is 0.0508. The highest BCUT2D eigenvalue weighted by Crippen LogP contribution is 2.16. The SMILES string of the molecule is O=C(CNc1ccc(O)cc1)OCc1ccccc1Cl. The maximum absolute atomic E-state index is 11.6. The van der Waals surface area contributed by atoms with Crippen LogP contribution in [0.15, 0.2) is 48.5 Å². The highest BCUT2D eigenvalue weighted by Gasteiger charge is 2.05. The van der Waals surface area contributed by atoms with Crippen molar-refractivity contribution in [3.63, 3.8) is 0 Å². The van der Waals surface area contributed by atoms with Crippen LogP contribution < -0.4 is 5.32 Å². The molecule has 20 heavy (non-hydrogen) atoms. The lowest BCUT2D eigenvalue weighted by Gasteiger charge is -2.08. The van der Waals surface area contributed by atoms with E-state index in [0.29, 0.717) is 5.02 Å². The number of carbonyl (C=O) groups excluding carboxylic acids is 1. The smallest absolute Gasteiger partial charge is 0.325 e. The number of anilines is 1. The summed E-state index contributed by atoms with van der Waals surface area (Å²) in [4.78, 5) is 11.6. The van der Waals surface area contributed by atoms with E-state index in [0.717, 1.165) is 11.3 Å². The van der Waals surface area contributed by atoms with E-state index in [1.807, 2.05) is 18.2 Å². The van der Waals surface area contributed by atoms with E-state index in [-0.39, 0.29) is 24.9 Å². The van der Waals surface area contributed by atoms with E-state index >= 15 is 0 Å². The standard InChI is InChI=1S/C15H14ClNO3/c16-14-4-2-1-3-11(14)10-20-15(19)9-17-12-5-7-13(18)8-6-12/h1-8,17-18H,9-10H2. The minimum Gasteiger partial charge on any atom is -0.508 e. The number of nitrogens with one attached hydrogen (secondary N) is 1. The Balaban J connectivity index is 1.78. The monoisotopic (exact) mass is 291 g/mol. The number of benzene rings is 2. The fourth-order valence-electron chi connectivity index (χ4n) is 1.58. The number of ether oxygens (including phenoxy) is 1. The van der Waals surface area contributed by atoms with Gasteiger partial charge in [-0.25, -0.2) is 0 Å². The number of phenolic OH excluding ortho intramolecular Hbond substituents is 1. The summed E-state index contributed by atoms with van der Waals surface area (Å²) in [5.41, 5.74) is 1.50. The largest absolute Gasteiger partial charge is 0.508 e. The third kappa shape index (κ3) is 4.17. The first kappa shape index (κ1) is 14.2. The van der Waals surface area contributed by atoms with Crippen LogP contribution in [-0.4, -0.2) is 17.6 Å². The van der Waals surface area contributed by atoms with E-state index < -0.39 is 0 Å². The fraction of sp³-hybridized carbons (Fsp3) is 0.133. The van der Waals surface area contributed by atoms with Gasteiger partial charge >= 0.3 is 5.97 Å². The van der Waals surface area contributed by atoms with Crippen molar-refractivity contribution in [1.29, 1.82) is 0 Å². The summed E-state index contributed by atoms with van der Waals surface area (Å²) in [5.74, 6) is -0.199. The molecule has 0 saturated carbocycles. The van der Waals surface area contributed by atoms with Crippen LogP contribution in [-0.2, 0) is 16.1 Å². The van der Waals surface area contributed by atoms with Gasteiger partial charge in [-0.1, -0.05) is 29.8 Å². The Hall–Kier alpha value is -2.20. The molecule has 0 atom stereocenters. The molecule has 5 heteroatoms. The van der Waals surface area contributed by atoms with E-state index in [9.17, 15) is 4.79 Å². The maximum Gasteiger partial charge on any atom is 0.325 e. The van der Waals surface area contributed by atoms with Gasteiger partial charge in [0, 0.05) is 16.3 Å². The summed E-state index contributed by atoms with van der Waals surface area (Å²) in [5, 5.41) is 12.6. The molecule has 0 bridgehead atoms. The molecule has 104 valence electrons. The lowest BCUT2D eigenvalue weighted by atomic mass is 10.2.